The predicted octanol–water partition coefficient (Wildman–Crippen LogP) is 1.52. The number of fused-ring (bicyclic) bond motifs is 2. The maximum Gasteiger partial charge on any atom is 0.325 e. The molecule has 1 saturated carbocycles. The molecule has 2 bridgehead atoms. The molecule has 0 spiro atoms. The van der Waals surface area contributed by atoms with Crippen molar-refractivity contribution in [3.05, 3.63) is 18.5 Å². The van der Waals surface area contributed by atoms with Gasteiger partial charge in [0.25, 0.3) is 0 Å². The number of piperidine rings is 1. The zero-order valence-corrected chi connectivity index (χ0v) is 10.7. The van der Waals surface area contributed by atoms with Crippen LogP contribution in [0.4, 0.5) is 4.79 Å². The second-order valence-electron chi connectivity index (χ2n) is 4.87. The Hall–Kier alpha value is -0.940. The van der Waals surface area contributed by atoms with Crippen molar-refractivity contribution < 1.29 is 4.79 Å². The topological polar surface area (TPSA) is 46.1 Å². The van der Waals surface area contributed by atoms with Crippen LogP contribution < -0.4 is 10.6 Å². The van der Waals surface area contributed by atoms with Crippen molar-refractivity contribution in [3.8, 4) is 0 Å². The van der Waals surface area contributed by atoms with Gasteiger partial charge >= 0.3 is 6.03 Å². The largest absolute Gasteiger partial charge is 0.333 e. The zero-order valence-electron chi connectivity index (χ0n) is 9.85. The van der Waals surface area contributed by atoms with Crippen molar-refractivity contribution in [2.24, 2.45) is 5.92 Å². The van der Waals surface area contributed by atoms with Crippen molar-refractivity contribution in [3.63, 3.8) is 0 Å². The summed E-state index contributed by atoms with van der Waals surface area (Å²) in [7, 11) is 0. The van der Waals surface area contributed by atoms with E-state index in [4.69, 9.17) is 0 Å². The second-order valence-corrected chi connectivity index (χ2v) is 5.75. The molecular formula is C12H17N3OS. The molecule has 5 heteroatoms. The van der Waals surface area contributed by atoms with E-state index in [0.29, 0.717) is 12.1 Å². The molecule has 2 aliphatic rings. The molecule has 2 N–H and O–H groups in total. The Kier molecular flexibility index (Phi) is 2.88. The number of carbonyl (C=O) groups is 1. The standard InChI is InChI=1S/C12H17N3OS/c1-17-9-2-3-15(7-9)12(16)14-11-5-8-4-10(11)13-6-8/h2-3,7-8,10-11,13H,4-6H2,1H3,(H,14,16). The average molecular weight is 251 g/mol. The molecule has 1 aliphatic carbocycles. The molecular weight excluding hydrogens is 234 g/mol. The van der Waals surface area contributed by atoms with Crippen LogP contribution in [-0.4, -0.2) is 35.5 Å². The van der Waals surface area contributed by atoms with E-state index in [1.54, 1.807) is 16.3 Å². The molecule has 3 atom stereocenters. The molecule has 1 saturated heterocycles. The van der Waals surface area contributed by atoms with Crippen molar-refractivity contribution in [1.82, 2.24) is 15.2 Å². The van der Waals surface area contributed by atoms with Gasteiger partial charge in [-0.3, -0.25) is 4.57 Å². The summed E-state index contributed by atoms with van der Waals surface area (Å²) in [6.45, 7) is 1.12. The number of hydrogen-bond acceptors (Lipinski definition) is 3. The van der Waals surface area contributed by atoms with Gasteiger partial charge in [0.05, 0.1) is 0 Å². The molecule has 4 nitrogen and oxygen atoms in total. The van der Waals surface area contributed by atoms with Crippen LogP contribution in [-0.2, 0) is 0 Å². The fraction of sp³-hybridized carbons (Fsp3) is 0.583. The SMILES string of the molecule is CSc1ccn(C(=O)NC2CC3CNC2C3)c1. The summed E-state index contributed by atoms with van der Waals surface area (Å²) in [5, 5.41) is 6.57. The van der Waals surface area contributed by atoms with E-state index in [9.17, 15) is 4.79 Å². The molecule has 1 amide bonds. The van der Waals surface area contributed by atoms with Gasteiger partial charge in [0.2, 0.25) is 0 Å². The minimum absolute atomic E-state index is 0.00958. The molecule has 3 rings (SSSR count). The van der Waals surface area contributed by atoms with E-state index in [0.717, 1.165) is 23.8 Å². The maximum absolute atomic E-state index is 12.0. The van der Waals surface area contributed by atoms with Gasteiger partial charge in [-0.05, 0) is 37.6 Å². The molecule has 2 heterocycles. The first kappa shape index (κ1) is 11.2. The Morgan fingerprint density at radius 1 is 1.59 bits per heavy atom. The van der Waals surface area contributed by atoms with Crippen molar-refractivity contribution in [1.29, 1.82) is 0 Å². The Morgan fingerprint density at radius 2 is 2.47 bits per heavy atom. The average Bonchev–Trinajstić information content (AvgIpc) is 3.04. The number of amides is 1. The van der Waals surface area contributed by atoms with Gasteiger partial charge in [-0.25, -0.2) is 4.79 Å². The van der Waals surface area contributed by atoms with Gasteiger partial charge in [-0.2, -0.15) is 0 Å². The van der Waals surface area contributed by atoms with Crippen LogP contribution in [0.25, 0.3) is 0 Å². The predicted molar refractivity (Wildman–Crippen MR) is 68.4 cm³/mol. The third-order valence-corrected chi connectivity index (χ3v) is 4.49. The fourth-order valence-corrected chi connectivity index (χ4v) is 3.29. The highest BCUT2D eigenvalue weighted by Crippen LogP contribution is 2.31. The lowest BCUT2D eigenvalue weighted by molar-refractivity contribution is 0.234. The van der Waals surface area contributed by atoms with E-state index in [1.807, 2.05) is 24.7 Å². The third-order valence-electron chi connectivity index (χ3n) is 3.77. The van der Waals surface area contributed by atoms with Crippen molar-refractivity contribution in [2.45, 2.75) is 29.8 Å². The van der Waals surface area contributed by atoms with Gasteiger partial charge in [0, 0.05) is 29.4 Å². The monoisotopic (exact) mass is 251 g/mol. The number of carbonyl (C=O) groups excluding carboxylic acids is 1. The zero-order chi connectivity index (χ0) is 11.8. The summed E-state index contributed by atoms with van der Waals surface area (Å²) in [5.41, 5.74) is 0. The molecule has 92 valence electrons. The number of nitrogens with one attached hydrogen (secondary N) is 2. The summed E-state index contributed by atoms with van der Waals surface area (Å²) in [6, 6.07) is 2.74. The minimum Gasteiger partial charge on any atom is -0.333 e. The summed E-state index contributed by atoms with van der Waals surface area (Å²) >= 11 is 1.65. The molecule has 3 unspecified atom stereocenters. The summed E-state index contributed by atoms with van der Waals surface area (Å²) in [5.74, 6) is 0.761. The van der Waals surface area contributed by atoms with E-state index in [1.165, 1.54) is 6.42 Å². The molecule has 1 aromatic rings. The summed E-state index contributed by atoms with van der Waals surface area (Å²) < 4.78 is 1.64. The first-order valence-electron chi connectivity index (χ1n) is 6.02. The van der Waals surface area contributed by atoms with Crippen LogP contribution in [0.1, 0.15) is 12.8 Å². The fourth-order valence-electron chi connectivity index (χ4n) is 2.87. The summed E-state index contributed by atoms with van der Waals surface area (Å²) in [6.07, 6.45) is 8.05. The highest BCUT2D eigenvalue weighted by atomic mass is 32.2. The number of nitrogens with zero attached hydrogens (tertiary/aromatic N) is 1. The Balaban J connectivity index is 1.63. The lowest BCUT2D eigenvalue weighted by atomic mass is 10.1. The molecule has 0 radical (unpaired) electrons. The van der Waals surface area contributed by atoms with Crippen LogP contribution in [0, 0.1) is 5.92 Å². The molecule has 1 aliphatic heterocycles. The van der Waals surface area contributed by atoms with Gasteiger partial charge in [-0.1, -0.05) is 0 Å². The van der Waals surface area contributed by atoms with Gasteiger partial charge in [0.15, 0.2) is 0 Å². The van der Waals surface area contributed by atoms with E-state index < -0.39 is 0 Å². The Bertz CT molecular complexity index is 431. The van der Waals surface area contributed by atoms with E-state index in [2.05, 4.69) is 10.6 Å². The second kappa shape index (κ2) is 4.38. The van der Waals surface area contributed by atoms with Crippen molar-refractivity contribution in [2.75, 3.05) is 12.8 Å². The van der Waals surface area contributed by atoms with Crippen LogP contribution in [0.5, 0.6) is 0 Å². The maximum atomic E-state index is 12.0. The number of aromatic nitrogens is 1. The normalized spacial score (nSPS) is 30.8. The van der Waals surface area contributed by atoms with Crippen molar-refractivity contribution >= 4 is 17.8 Å². The highest BCUT2D eigenvalue weighted by molar-refractivity contribution is 7.98. The van der Waals surface area contributed by atoms with Crippen LogP contribution in [0.3, 0.4) is 0 Å². The summed E-state index contributed by atoms with van der Waals surface area (Å²) in [4.78, 5) is 13.1. The number of hydrogen-bond donors (Lipinski definition) is 2. The minimum atomic E-state index is -0.00958. The number of thioether (sulfide) groups is 1. The van der Waals surface area contributed by atoms with Crippen LogP contribution in [0.15, 0.2) is 23.4 Å². The van der Waals surface area contributed by atoms with E-state index in [-0.39, 0.29) is 6.03 Å². The van der Waals surface area contributed by atoms with E-state index >= 15 is 0 Å². The first-order chi connectivity index (χ1) is 8.26. The molecule has 0 aromatic carbocycles. The first-order valence-corrected chi connectivity index (χ1v) is 7.25. The van der Waals surface area contributed by atoms with Crippen LogP contribution in [0.2, 0.25) is 0 Å². The Labute approximate surface area is 105 Å². The lowest BCUT2D eigenvalue weighted by Crippen LogP contribution is -2.48. The van der Waals surface area contributed by atoms with Gasteiger partial charge < -0.3 is 10.6 Å². The molecule has 2 fully saturated rings. The van der Waals surface area contributed by atoms with Crippen LogP contribution >= 0.6 is 11.8 Å². The smallest absolute Gasteiger partial charge is 0.325 e. The lowest BCUT2D eigenvalue weighted by Gasteiger charge is -2.23. The third kappa shape index (κ3) is 2.09. The Morgan fingerprint density at radius 3 is 3.06 bits per heavy atom. The quantitative estimate of drug-likeness (QED) is 0.783. The number of rotatable bonds is 2. The van der Waals surface area contributed by atoms with Gasteiger partial charge in [0.1, 0.15) is 0 Å². The molecule has 1 aromatic heterocycles. The molecule has 17 heavy (non-hydrogen) atoms. The highest BCUT2D eigenvalue weighted by Gasteiger charge is 2.40. The van der Waals surface area contributed by atoms with Gasteiger partial charge in [-0.15, -0.1) is 11.8 Å².